The van der Waals surface area contributed by atoms with Crippen molar-refractivity contribution in [2.24, 2.45) is 11.7 Å². The molecule has 0 saturated carbocycles. The highest BCUT2D eigenvalue weighted by Gasteiger charge is 2.11. The summed E-state index contributed by atoms with van der Waals surface area (Å²) in [5.41, 5.74) is 12.1. The Balaban J connectivity index is 2.76. The van der Waals surface area contributed by atoms with E-state index in [1.807, 2.05) is 0 Å². The molecule has 5 N–H and O–H groups in total. The molecule has 0 aliphatic heterocycles. The predicted octanol–water partition coefficient (Wildman–Crippen LogP) is 0.648. The molecule has 0 bridgehead atoms. The van der Waals surface area contributed by atoms with Gasteiger partial charge in [0.05, 0.1) is 5.69 Å². The van der Waals surface area contributed by atoms with Crippen LogP contribution in [0.1, 0.15) is 25.6 Å². The first-order valence-corrected chi connectivity index (χ1v) is 3.67. The van der Waals surface area contributed by atoms with Crippen molar-refractivity contribution in [3.05, 3.63) is 11.8 Å². The maximum absolute atomic E-state index is 5.82. The number of nitrogens with one attached hydrogen (secondary N) is 1. The lowest BCUT2D eigenvalue weighted by Gasteiger charge is -2.12. The van der Waals surface area contributed by atoms with E-state index >= 15 is 0 Å². The summed E-state index contributed by atoms with van der Waals surface area (Å²) < 4.78 is 0. The summed E-state index contributed by atoms with van der Waals surface area (Å²) >= 11 is 0. The van der Waals surface area contributed by atoms with E-state index in [0.717, 1.165) is 5.69 Å². The van der Waals surface area contributed by atoms with Gasteiger partial charge in [0, 0.05) is 12.1 Å². The molecule has 1 heterocycles. The largest absolute Gasteiger partial charge is 0.382 e. The average Bonchev–Trinajstić information content (AvgIpc) is 2.34. The smallest absolute Gasteiger partial charge is 0.145 e. The quantitative estimate of drug-likeness (QED) is 0.585. The summed E-state index contributed by atoms with van der Waals surface area (Å²) in [6.07, 6.45) is 0. The minimum absolute atomic E-state index is 0.000185. The van der Waals surface area contributed by atoms with Crippen LogP contribution in [0.25, 0.3) is 0 Å². The molecular formula is C7H14N4. The van der Waals surface area contributed by atoms with E-state index in [2.05, 4.69) is 24.0 Å². The molecular weight excluding hydrogens is 140 g/mol. The van der Waals surface area contributed by atoms with Crippen LogP contribution in [-0.2, 0) is 0 Å². The maximum Gasteiger partial charge on any atom is 0.145 e. The molecule has 1 atom stereocenters. The van der Waals surface area contributed by atoms with Gasteiger partial charge in [-0.3, -0.25) is 5.10 Å². The first-order chi connectivity index (χ1) is 5.11. The number of hydrogen-bond acceptors (Lipinski definition) is 3. The first kappa shape index (κ1) is 8.07. The second kappa shape index (κ2) is 2.92. The molecule has 4 heteroatoms. The van der Waals surface area contributed by atoms with E-state index in [0.29, 0.717) is 11.7 Å². The lowest BCUT2D eigenvalue weighted by molar-refractivity contribution is 0.502. The number of anilines is 1. The van der Waals surface area contributed by atoms with Crippen LogP contribution >= 0.6 is 0 Å². The van der Waals surface area contributed by atoms with Gasteiger partial charge in [0.15, 0.2) is 0 Å². The molecule has 62 valence electrons. The van der Waals surface area contributed by atoms with Gasteiger partial charge in [-0.15, -0.1) is 0 Å². The third kappa shape index (κ3) is 1.71. The van der Waals surface area contributed by atoms with E-state index in [1.54, 1.807) is 6.07 Å². The molecule has 0 aliphatic carbocycles. The second-order valence-electron chi connectivity index (χ2n) is 3.02. The molecule has 1 aromatic heterocycles. The Morgan fingerprint density at radius 2 is 2.18 bits per heavy atom. The number of aromatic amines is 1. The van der Waals surface area contributed by atoms with Crippen molar-refractivity contribution in [1.29, 1.82) is 0 Å². The van der Waals surface area contributed by atoms with Crippen molar-refractivity contribution in [2.45, 2.75) is 19.9 Å². The highest BCUT2D eigenvalue weighted by atomic mass is 15.2. The molecule has 11 heavy (non-hydrogen) atoms. The Hall–Kier alpha value is -1.03. The number of nitrogens with two attached hydrogens (primary N) is 2. The molecule has 1 rings (SSSR count). The van der Waals surface area contributed by atoms with Crippen LogP contribution in [0, 0.1) is 5.92 Å². The minimum atomic E-state index is -0.000185. The molecule has 0 unspecified atom stereocenters. The lowest BCUT2D eigenvalue weighted by Crippen LogP contribution is -2.16. The van der Waals surface area contributed by atoms with Crippen LogP contribution in [0.2, 0.25) is 0 Å². The average molecular weight is 154 g/mol. The predicted molar refractivity (Wildman–Crippen MR) is 44.8 cm³/mol. The summed E-state index contributed by atoms with van der Waals surface area (Å²) in [7, 11) is 0. The van der Waals surface area contributed by atoms with Gasteiger partial charge in [0.2, 0.25) is 0 Å². The minimum Gasteiger partial charge on any atom is -0.382 e. The summed E-state index contributed by atoms with van der Waals surface area (Å²) in [6.45, 7) is 4.11. The molecule has 4 nitrogen and oxygen atoms in total. The van der Waals surface area contributed by atoms with Gasteiger partial charge in [0.1, 0.15) is 5.82 Å². The molecule has 0 spiro atoms. The highest BCUT2D eigenvalue weighted by molar-refractivity contribution is 5.29. The van der Waals surface area contributed by atoms with E-state index < -0.39 is 0 Å². The van der Waals surface area contributed by atoms with E-state index in [9.17, 15) is 0 Å². The van der Waals surface area contributed by atoms with Crippen LogP contribution < -0.4 is 11.5 Å². The maximum atomic E-state index is 5.82. The SMILES string of the molecule is CC(C)[C@H](N)c1cc(N)n[nH]1. The zero-order chi connectivity index (χ0) is 8.43. The fourth-order valence-electron chi connectivity index (χ4n) is 0.883. The van der Waals surface area contributed by atoms with Gasteiger partial charge in [-0.25, -0.2) is 0 Å². The summed E-state index contributed by atoms with van der Waals surface area (Å²) in [4.78, 5) is 0. The van der Waals surface area contributed by atoms with Gasteiger partial charge < -0.3 is 11.5 Å². The zero-order valence-electron chi connectivity index (χ0n) is 6.83. The van der Waals surface area contributed by atoms with Gasteiger partial charge in [0.25, 0.3) is 0 Å². The molecule has 0 fully saturated rings. The third-order valence-corrected chi connectivity index (χ3v) is 1.69. The molecule has 0 aliphatic rings. The van der Waals surface area contributed by atoms with Crippen LogP contribution in [0.5, 0.6) is 0 Å². The van der Waals surface area contributed by atoms with E-state index in [-0.39, 0.29) is 6.04 Å². The summed E-state index contributed by atoms with van der Waals surface area (Å²) in [5, 5.41) is 6.58. The number of rotatable bonds is 2. The molecule has 1 aromatic rings. The van der Waals surface area contributed by atoms with Gasteiger partial charge in [-0.2, -0.15) is 5.10 Å². The van der Waals surface area contributed by atoms with Crippen molar-refractivity contribution in [3.63, 3.8) is 0 Å². The van der Waals surface area contributed by atoms with Crippen molar-refractivity contribution in [1.82, 2.24) is 10.2 Å². The van der Waals surface area contributed by atoms with Crippen molar-refractivity contribution < 1.29 is 0 Å². The second-order valence-corrected chi connectivity index (χ2v) is 3.02. The Labute approximate surface area is 66.0 Å². The number of aromatic nitrogens is 2. The lowest BCUT2D eigenvalue weighted by atomic mass is 10.0. The Bertz CT molecular complexity index is 228. The normalized spacial score (nSPS) is 13.8. The first-order valence-electron chi connectivity index (χ1n) is 3.67. The summed E-state index contributed by atoms with van der Waals surface area (Å²) in [5.74, 6) is 0.894. The van der Waals surface area contributed by atoms with Gasteiger partial charge in [-0.05, 0) is 5.92 Å². The zero-order valence-corrected chi connectivity index (χ0v) is 6.83. The standard InChI is InChI=1S/C7H14N4/c1-4(2)7(9)5-3-6(8)11-10-5/h3-4,7H,9H2,1-2H3,(H3,8,10,11)/t7-/m0/s1. The van der Waals surface area contributed by atoms with Crippen LogP contribution in [0.3, 0.4) is 0 Å². The number of hydrogen-bond donors (Lipinski definition) is 3. The van der Waals surface area contributed by atoms with Gasteiger partial charge in [-0.1, -0.05) is 13.8 Å². The fraction of sp³-hybridized carbons (Fsp3) is 0.571. The van der Waals surface area contributed by atoms with E-state index in [4.69, 9.17) is 11.5 Å². The highest BCUT2D eigenvalue weighted by Crippen LogP contribution is 2.17. The number of H-pyrrole nitrogens is 1. The van der Waals surface area contributed by atoms with Crippen molar-refractivity contribution in [3.8, 4) is 0 Å². The Morgan fingerprint density at radius 3 is 2.55 bits per heavy atom. The Kier molecular flexibility index (Phi) is 2.14. The van der Waals surface area contributed by atoms with Crippen LogP contribution in [0.15, 0.2) is 6.07 Å². The van der Waals surface area contributed by atoms with Crippen molar-refractivity contribution in [2.75, 3.05) is 5.73 Å². The Morgan fingerprint density at radius 1 is 1.55 bits per heavy atom. The van der Waals surface area contributed by atoms with Gasteiger partial charge >= 0.3 is 0 Å². The number of nitrogens with zero attached hydrogens (tertiary/aromatic N) is 1. The topological polar surface area (TPSA) is 80.7 Å². The van der Waals surface area contributed by atoms with E-state index in [1.165, 1.54) is 0 Å². The fourth-order valence-corrected chi connectivity index (χ4v) is 0.883. The molecule has 0 aromatic carbocycles. The molecule has 0 saturated heterocycles. The monoisotopic (exact) mass is 154 g/mol. The van der Waals surface area contributed by atoms with Crippen LogP contribution in [-0.4, -0.2) is 10.2 Å². The molecule has 0 amide bonds. The number of nitrogen functional groups attached to an aromatic ring is 1. The summed E-state index contributed by atoms with van der Waals surface area (Å²) in [6, 6.07) is 1.77. The third-order valence-electron chi connectivity index (χ3n) is 1.69. The van der Waals surface area contributed by atoms with Crippen LogP contribution in [0.4, 0.5) is 5.82 Å². The van der Waals surface area contributed by atoms with Crippen molar-refractivity contribution >= 4 is 5.82 Å². The molecule has 0 radical (unpaired) electrons.